The molecule has 0 spiro atoms. The van der Waals surface area contributed by atoms with E-state index in [0.29, 0.717) is 6.54 Å². The molecule has 0 aliphatic rings. The zero-order valence-electron chi connectivity index (χ0n) is 8.52. The molecule has 1 aromatic rings. The van der Waals surface area contributed by atoms with E-state index in [-0.39, 0.29) is 5.88 Å². The van der Waals surface area contributed by atoms with Crippen molar-refractivity contribution in [2.75, 3.05) is 19.5 Å². The summed E-state index contributed by atoms with van der Waals surface area (Å²) in [6.07, 6.45) is 3.33. The third kappa shape index (κ3) is 3.65. The van der Waals surface area contributed by atoms with Gasteiger partial charge in [-0.05, 0) is 7.05 Å². The molecule has 0 radical (unpaired) electrons. The molecule has 1 unspecified atom stereocenters. The van der Waals surface area contributed by atoms with E-state index in [9.17, 15) is 5.11 Å². The molecular weight excluding hydrogens is 202 g/mol. The van der Waals surface area contributed by atoms with Gasteiger partial charge in [-0.2, -0.15) is 5.10 Å². The van der Waals surface area contributed by atoms with Crippen LogP contribution in [-0.4, -0.2) is 45.4 Å². The maximum atomic E-state index is 9.32. The minimum atomic E-state index is -0.460. The molecule has 0 saturated heterocycles. The van der Waals surface area contributed by atoms with Crippen molar-refractivity contribution in [3.63, 3.8) is 0 Å². The molecule has 0 bridgehead atoms. The Morgan fingerprint density at radius 3 is 2.93 bits per heavy atom. The molecule has 0 amide bonds. The fourth-order valence-electron chi connectivity index (χ4n) is 1.34. The molecule has 0 aliphatic carbocycles. The first-order chi connectivity index (χ1) is 6.61. The highest BCUT2D eigenvalue weighted by molar-refractivity contribution is 6.18. The van der Waals surface area contributed by atoms with E-state index in [1.807, 2.05) is 31.4 Å². The van der Waals surface area contributed by atoms with Crippen molar-refractivity contribution in [3.05, 3.63) is 18.0 Å². The summed E-state index contributed by atoms with van der Waals surface area (Å²) in [6.45, 7) is 1.36. The molecule has 1 atom stereocenters. The highest BCUT2D eigenvalue weighted by atomic mass is 35.5. The van der Waals surface area contributed by atoms with E-state index in [2.05, 4.69) is 5.10 Å². The summed E-state index contributed by atoms with van der Waals surface area (Å²) >= 11 is 5.51. The second kappa shape index (κ2) is 5.34. The summed E-state index contributed by atoms with van der Waals surface area (Å²) in [5, 5.41) is 13.4. The molecule has 5 heteroatoms. The van der Waals surface area contributed by atoms with Crippen molar-refractivity contribution in [3.8, 4) is 0 Å². The maximum absolute atomic E-state index is 9.32. The molecule has 0 saturated carbocycles. The lowest BCUT2D eigenvalue weighted by Crippen LogP contribution is -2.29. The van der Waals surface area contributed by atoms with Gasteiger partial charge in [0.05, 0.1) is 12.3 Å². The lowest BCUT2D eigenvalue weighted by molar-refractivity contribution is 0.141. The van der Waals surface area contributed by atoms with E-state index in [4.69, 9.17) is 11.6 Å². The monoisotopic (exact) mass is 217 g/mol. The molecule has 0 aliphatic heterocycles. The van der Waals surface area contributed by atoms with E-state index < -0.39 is 6.10 Å². The highest BCUT2D eigenvalue weighted by Crippen LogP contribution is 2.02. The summed E-state index contributed by atoms with van der Waals surface area (Å²) in [7, 11) is 3.83. The van der Waals surface area contributed by atoms with Gasteiger partial charge in [0.25, 0.3) is 0 Å². The average molecular weight is 218 g/mol. The van der Waals surface area contributed by atoms with Gasteiger partial charge in [-0.25, -0.2) is 0 Å². The molecule has 4 nitrogen and oxygen atoms in total. The number of aliphatic hydroxyl groups is 1. The average Bonchev–Trinajstić information content (AvgIpc) is 2.50. The first kappa shape index (κ1) is 11.5. The minimum absolute atomic E-state index is 0.275. The summed E-state index contributed by atoms with van der Waals surface area (Å²) in [4.78, 5) is 2.02. The molecule has 0 fully saturated rings. The van der Waals surface area contributed by atoms with Gasteiger partial charge < -0.3 is 5.11 Å². The number of halogens is 1. The Morgan fingerprint density at radius 2 is 2.43 bits per heavy atom. The largest absolute Gasteiger partial charge is 0.391 e. The van der Waals surface area contributed by atoms with Crippen molar-refractivity contribution >= 4 is 11.6 Å². The Balaban J connectivity index is 2.37. The third-order valence-corrected chi connectivity index (χ3v) is 2.27. The quantitative estimate of drug-likeness (QED) is 0.729. The number of hydrogen-bond acceptors (Lipinski definition) is 3. The summed E-state index contributed by atoms with van der Waals surface area (Å²) < 4.78 is 1.77. The summed E-state index contributed by atoms with van der Waals surface area (Å²) in [6, 6.07) is 0. The molecular formula is C9H16ClN3O. The van der Waals surface area contributed by atoms with Crippen LogP contribution in [0.5, 0.6) is 0 Å². The summed E-state index contributed by atoms with van der Waals surface area (Å²) in [5.41, 5.74) is 1.14. The molecule has 0 aromatic carbocycles. The van der Waals surface area contributed by atoms with E-state index >= 15 is 0 Å². The van der Waals surface area contributed by atoms with Crippen LogP contribution in [-0.2, 0) is 13.6 Å². The Labute approximate surface area is 89.1 Å². The van der Waals surface area contributed by atoms with Gasteiger partial charge in [-0.1, -0.05) is 0 Å². The number of aromatic nitrogens is 2. The van der Waals surface area contributed by atoms with Gasteiger partial charge in [0, 0.05) is 37.8 Å². The van der Waals surface area contributed by atoms with Crippen molar-refractivity contribution in [1.29, 1.82) is 0 Å². The Morgan fingerprint density at radius 1 is 1.71 bits per heavy atom. The van der Waals surface area contributed by atoms with E-state index in [0.717, 1.165) is 12.1 Å². The van der Waals surface area contributed by atoms with E-state index in [1.54, 1.807) is 4.68 Å². The smallest absolute Gasteiger partial charge is 0.0802 e. The number of aliphatic hydroxyl groups excluding tert-OH is 1. The predicted molar refractivity (Wildman–Crippen MR) is 56.3 cm³/mol. The van der Waals surface area contributed by atoms with Crippen molar-refractivity contribution in [1.82, 2.24) is 14.7 Å². The molecule has 1 heterocycles. The SMILES string of the molecule is CN(Cc1cnn(C)c1)CC(O)CCl. The van der Waals surface area contributed by atoms with Crippen LogP contribution in [0.3, 0.4) is 0 Å². The number of hydrogen-bond donors (Lipinski definition) is 1. The van der Waals surface area contributed by atoms with Crippen LogP contribution in [0.2, 0.25) is 0 Å². The number of aryl methyl sites for hydroxylation is 1. The van der Waals surface area contributed by atoms with Crippen molar-refractivity contribution < 1.29 is 5.11 Å². The van der Waals surface area contributed by atoms with Crippen LogP contribution >= 0.6 is 11.6 Å². The second-order valence-electron chi connectivity index (χ2n) is 3.53. The van der Waals surface area contributed by atoms with Gasteiger partial charge in [-0.15, -0.1) is 11.6 Å². The first-order valence-corrected chi connectivity index (χ1v) is 5.05. The van der Waals surface area contributed by atoms with Crippen LogP contribution in [0.4, 0.5) is 0 Å². The van der Waals surface area contributed by atoms with Crippen LogP contribution in [0.1, 0.15) is 5.56 Å². The standard InChI is InChI=1S/C9H16ClN3O/c1-12(7-9(14)3-10)5-8-4-11-13(2)6-8/h4,6,9,14H,3,5,7H2,1-2H3. The van der Waals surface area contributed by atoms with Crippen molar-refractivity contribution in [2.24, 2.45) is 7.05 Å². The summed E-state index contributed by atoms with van der Waals surface area (Å²) in [5.74, 6) is 0.275. The van der Waals surface area contributed by atoms with Crippen molar-refractivity contribution in [2.45, 2.75) is 12.6 Å². The Bertz CT molecular complexity index is 277. The number of nitrogens with zero attached hydrogens (tertiary/aromatic N) is 3. The molecule has 1 rings (SSSR count). The van der Waals surface area contributed by atoms with Gasteiger partial charge in [0.2, 0.25) is 0 Å². The van der Waals surface area contributed by atoms with Gasteiger partial charge in [-0.3, -0.25) is 9.58 Å². The first-order valence-electron chi connectivity index (χ1n) is 4.52. The zero-order chi connectivity index (χ0) is 10.6. The lowest BCUT2D eigenvalue weighted by Gasteiger charge is -2.18. The van der Waals surface area contributed by atoms with Gasteiger partial charge in [0.1, 0.15) is 0 Å². The number of alkyl halides is 1. The van der Waals surface area contributed by atoms with Gasteiger partial charge in [0.15, 0.2) is 0 Å². The minimum Gasteiger partial charge on any atom is -0.391 e. The van der Waals surface area contributed by atoms with Crippen LogP contribution < -0.4 is 0 Å². The fraction of sp³-hybridized carbons (Fsp3) is 0.667. The van der Waals surface area contributed by atoms with E-state index in [1.165, 1.54) is 0 Å². The topological polar surface area (TPSA) is 41.3 Å². The van der Waals surface area contributed by atoms with Crippen LogP contribution in [0, 0.1) is 0 Å². The third-order valence-electron chi connectivity index (χ3n) is 1.91. The zero-order valence-corrected chi connectivity index (χ0v) is 9.28. The molecule has 1 N–H and O–H groups in total. The maximum Gasteiger partial charge on any atom is 0.0802 e. The predicted octanol–water partition coefficient (Wildman–Crippen LogP) is 0.452. The lowest BCUT2D eigenvalue weighted by atomic mass is 10.3. The van der Waals surface area contributed by atoms with Gasteiger partial charge >= 0.3 is 0 Å². The highest BCUT2D eigenvalue weighted by Gasteiger charge is 2.07. The normalized spacial score (nSPS) is 13.5. The Kier molecular flexibility index (Phi) is 4.38. The Hall–Kier alpha value is -0.580. The number of rotatable bonds is 5. The molecule has 80 valence electrons. The molecule has 14 heavy (non-hydrogen) atoms. The van der Waals surface area contributed by atoms with Crippen LogP contribution in [0.15, 0.2) is 12.4 Å². The molecule has 1 aromatic heterocycles. The fourth-order valence-corrected chi connectivity index (χ4v) is 1.44. The van der Waals surface area contributed by atoms with Crippen LogP contribution in [0.25, 0.3) is 0 Å². The number of likely N-dealkylation sites (N-methyl/N-ethyl adjacent to an activating group) is 1. The second-order valence-corrected chi connectivity index (χ2v) is 3.84.